The third-order valence-corrected chi connectivity index (χ3v) is 5.44. The van der Waals surface area contributed by atoms with Crippen molar-refractivity contribution in [2.24, 2.45) is 0 Å². The Morgan fingerprint density at radius 1 is 1.18 bits per heavy atom. The Morgan fingerprint density at radius 3 is 2.57 bits per heavy atom. The summed E-state index contributed by atoms with van der Waals surface area (Å²) in [6.45, 7) is 11.3. The molecule has 0 atom stereocenters. The van der Waals surface area contributed by atoms with Gasteiger partial charge in [-0.1, -0.05) is 35.9 Å². The number of hydrogen-bond acceptors (Lipinski definition) is 3. The first-order valence-electron chi connectivity index (χ1n) is 9.47. The number of furan rings is 1. The Kier molecular flexibility index (Phi) is 4.94. The highest BCUT2D eigenvalue weighted by Crippen LogP contribution is 2.28. The first-order valence-corrected chi connectivity index (χ1v) is 9.84. The Bertz CT molecular complexity index is 1040. The minimum absolute atomic E-state index is 0.0316. The number of carbonyl (C=O) groups excluding carboxylic acids is 1. The average Bonchev–Trinajstić information content (AvgIpc) is 3.18. The van der Waals surface area contributed by atoms with Gasteiger partial charge in [-0.3, -0.25) is 4.79 Å². The molecule has 3 aromatic rings. The van der Waals surface area contributed by atoms with Gasteiger partial charge in [-0.15, -0.1) is 0 Å². The Labute approximate surface area is 169 Å². The molecule has 0 N–H and O–H groups in total. The molecule has 2 aromatic heterocycles. The summed E-state index contributed by atoms with van der Waals surface area (Å²) in [6.07, 6.45) is 0. The molecule has 5 nitrogen and oxygen atoms in total. The molecule has 6 heteroatoms. The standard InChI is InChI=1S/C22H24ClN3O2/c1-15(2)14-26-19-12-16(3)28-21(19)13-20(26)22(27)25-10-8-24(9-11-25)18-7-5-4-6-17(18)23/h4-7,12-13H,1,8-11,14H2,2-3H3. The lowest BCUT2D eigenvalue weighted by Gasteiger charge is -2.36. The zero-order valence-corrected chi connectivity index (χ0v) is 17.0. The maximum Gasteiger partial charge on any atom is 0.270 e. The number of aromatic nitrogens is 1. The van der Waals surface area contributed by atoms with E-state index in [4.69, 9.17) is 16.0 Å². The van der Waals surface area contributed by atoms with E-state index in [2.05, 4.69) is 11.5 Å². The number of benzene rings is 1. The second-order valence-corrected chi connectivity index (χ2v) is 7.82. The summed E-state index contributed by atoms with van der Waals surface area (Å²) in [6, 6.07) is 11.7. The van der Waals surface area contributed by atoms with Gasteiger partial charge >= 0.3 is 0 Å². The summed E-state index contributed by atoms with van der Waals surface area (Å²) in [7, 11) is 0. The van der Waals surface area contributed by atoms with Crippen LogP contribution in [0.3, 0.4) is 0 Å². The predicted molar refractivity (Wildman–Crippen MR) is 113 cm³/mol. The Morgan fingerprint density at radius 2 is 1.89 bits per heavy atom. The van der Waals surface area contributed by atoms with Gasteiger partial charge in [-0.2, -0.15) is 0 Å². The van der Waals surface area contributed by atoms with Crippen LogP contribution in [0.5, 0.6) is 0 Å². The van der Waals surface area contributed by atoms with Crippen LogP contribution in [0.1, 0.15) is 23.2 Å². The molecule has 1 aliphatic heterocycles. The van der Waals surface area contributed by atoms with Crippen molar-refractivity contribution in [1.29, 1.82) is 0 Å². The van der Waals surface area contributed by atoms with Crippen LogP contribution in [0.25, 0.3) is 11.1 Å². The summed E-state index contributed by atoms with van der Waals surface area (Å²) < 4.78 is 7.76. The van der Waals surface area contributed by atoms with E-state index in [1.807, 2.05) is 59.7 Å². The summed E-state index contributed by atoms with van der Waals surface area (Å²) in [5.74, 6) is 0.872. The molecule has 146 valence electrons. The van der Waals surface area contributed by atoms with E-state index in [1.165, 1.54) is 0 Å². The number of carbonyl (C=O) groups is 1. The summed E-state index contributed by atoms with van der Waals surface area (Å²) >= 11 is 6.32. The number of halogens is 1. The molecular weight excluding hydrogens is 374 g/mol. The molecule has 3 heterocycles. The van der Waals surface area contributed by atoms with Crippen molar-refractivity contribution in [3.05, 3.63) is 65.0 Å². The first-order chi connectivity index (χ1) is 13.4. The van der Waals surface area contributed by atoms with Gasteiger partial charge in [0.1, 0.15) is 11.5 Å². The fraction of sp³-hybridized carbons (Fsp3) is 0.318. The Balaban J connectivity index is 1.55. The molecule has 28 heavy (non-hydrogen) atoms. The van der Waals surface area contributed by atoms with Crippen LogP contribution in [-0.4, -0.2) is 41.6 Å². The summed E-state index contributed by atoms with van der Waals surface area (Å²) in [5, 5.41) is 0.744. The normalized spacial score (nSPS) is 14.7. The first kappa shape index (κ1) is 18.7. The SMILES string of the molecule is C=C(C)Cn1c(C(=O)N2CCN(c3ccccc3Cl)CC2)cc2oc(C)cc21. The third-order valence-electron chi connectivity index (χ3n) is 5.12. The lowest BCUT2D eigenvalue weighted by molar-refractivity contribution is 0.0737. The monoisotopic (exact) mass is 397 g/mol. The molecule has 0 radical (unpaired) electrons. The van der Waals surface area contributed by atoms with Crippen LogP contribution in [-0.2, 0) is 6.54 Å². The van der Waals surface area contributed by atoms with E-state index in [9.17, 15) is 4.79 Å². The number of aryl methyl sites for hydroxylation is 1. The number of allylic oxidation sites excluding steroid dienone is 1. The number of fused-ring (bicyclic) bond motifs is 1. The number of nitrogens with zero attached hydrogens (tertiary/aromatic N) is 3. The predicted octanol–water partition coefficient (Wildman–Crippen LogP) is 4.73. The minimum atomic E-state index is 0.0316. The molecule has 0 spiro atoms. The molecule has 0 bridgehead atoms. The molecule has 1 fully saturated rings. The van der Waals surface area contributed by atoms with Crippen molar-refractivity contribution < 1.29 is 9.21 Å². The minimum Gasteiger partial charge on any atom is -0.460 e. The summed E-state index contributed by atoms with van der Waals surface area (Å²) in [5.41, 5.74) is 4.36. The van der Waals surface area contributed by atoms with Crippen LogP contribution in [0.2, 0.25) is 5.02 Å². The van der Waals surface area contributed by atoms with E-state index in [-0.39, 0.29) is 5.91 Å². The van der Waals surface area contributed by atoms with Crippen molar-refractivity contribution in [1.82, 2.24) is 9.47 Å². The molecule has 4 rings (SSSR count). The zero-order chi connectivity index (χ0) is 19.8. The fourth-order valence-electron chi connectivity index (χ4n) is 3.80. The van der Waals surface area contributed by atoms with Gasteiger partial charge in [0.15, 0.2) is 5.58 Å². The number of rotatable bonds is 4. The number of piperazine rings is 1. The van der Waals surface area contributed by atoms with Crippen molar-refractivity contribution in [3.8, 4) is 0 Å². The van der Waals surface area contributed by atoms with Crippen molar-refractivity contribution >= 4 is 34.3 Å². The van der Waals surface area contributed by atoms with E-state index in [0.717, 1.165) is 46.2 Å². The van der Waals surface area contributed by atoms with Gasteiger partial charge < -0.3 is 18.8 Å². The topological polar surface area (TPSA) is 41.6 Å². The van der Waals surface area contributed by atoms with Crippen LogP contribution >= 0.6 is 11.6 Å². The molecular formula is C22H24ClN3O2. The van der Waals surface area contributed by atoms with E-state index in [1.54, 1.807) is 0 Å². The smallest absolute Gasteiger partial charge is 0.270 e. The maximum absolute atomic E-state index is 13.3. The van der Waals surface area contributed by atoms with E-state index in [0.29, 0.717) is 25.3 Å². The fourth-order valence-corrected chi connectivity index (χ4v) is 4.06. The van der Waals surface area contributed by atoms with Crippen LogP contribution in [0.15, 0.2) is 53.0 Å². The molecule has 1 aromatic carbocycles. The lowest BCUT2D eigenvalue weighted by atomic mass is 10.2. The second kappa shape index (κ2) is 7.40. The summed E-state index contributed by atoms with van der Waals surface area (Å²) in [4.78, 5) is 17.4. The highest BCUT2D eigenvalue weighted by molar-refractivity contribution is 6.33. The van der Waals surface area contributed by atoms with Gasteiger partial charge in [-0.25, -0.2) is 0 Å². The van der Waals surface area contributed by atoms with Gasteiger partial charge in [0.05, 0.1) is 16.2 Å². The Hall–Kier alpha value is -2.66. The van der Waals surface area contributed by atoms with Crippen LogP contribution in [0.4, 0.5) is 5.69 Å². The molecule has 0 unspecified atom stereocenters. The zero-order valence-electron chi connectivity index (χ0n) is 16.2. The molecule has 0 aliphatic carbocycles. The van der Waals surface area contributed by atoms with E-state index >= 15 is 0 Å². The largest absolute Gasteiger partial charge is 0.460 e. The van der Waals surface area contributed by atoms with Crippen LogP contribution < -0.4 is 4.90 Å². The highest BCUT2D eigenvalue weighted by atomic mass is 35.5. The molecule has 1 amide bonds. The number of para-hydroxylation sites is 1. The van der Waals surface area contributed by atoms with Crippen molar-refractivity contribution in [2.75, 3.05) is 31.1 Å². The number of hydrogen-bond donors (Lipinski definition) is 0. The van der Waals surface area contributed by atoms with Gasteiger partial charge in [0.2, 0.25) is 0 Å². The maximum atomic E-state index is 13.3. The van der Waals surface area contributed by atoms with Crippen LogP contribution in [0, 0.1) is 6.92 Å². The van der Waals surface area contributed by atoms with Gasteiger partial charge in [0.25, 0.3) is 5.91 Å². The number of anilines is 1. The highest BCUT2D eigenvalue weighted by Gasteiger charge is 2.27. The van der Waals surface area contributed by atoms with Crippen molar-refractivity contribution in [2.45, 2.75) is 20.4 Å². The van der Waals surface area contributed by atoms with Crippen molar-refractivity contribution in [3.63, 3.8) is 0 Å². The van der Waals surface area contributed by atoms with Gasteiger partial charge in [-0.05, 0) is 26.0 Å². The number of amides is 1. The molecule has 0 saturated carbocycles. The average molecular weight is 398 g/mol. The molecule has 1 saturated heterocycles. The second-order valence-electron chi connectivity index (χ2n) is 7.41. The lowest BCUT2D eigenvalue weighted by Crippen LogP contribution is -2.49. The van der Waals surface area contributed by atoms with Gasteiger partial charge in [0, 0.05) is 44.9 Å². The quantitative estimate of drug-likeness (QED) is 0.597. The third kappa shape index (κ3) is 3.42. The molecule has 1 aliphatic rings. The van der Waals surface area contributed by atoms with E-state index < -0.39 is 0 Å².